The number of aryl methyl sites for hydroxylation is 1. The lowest BCUT2D eigenvalue weighted by Crippen LogP contribution is -2.21. The number of nitrogens with one attached hydrogen (secondary N) is 2. The molecule has 5 nitrogen and oxygen atoms in total. The van der Waals surface area contributed by atoms with Crippen LogP contribution < -0.4 is 10.6 Å². The Balaban J connectivity index is 1.99. The topological polar surface area (TPSA) is 63.0 Å². The van der Waals surface area contributed by atoms with E-state index < -0.39 is 0 Å². The molecule has 1 aromatic heterocycles. The Morgan fingerprint density at radius 3 is 2.84 bits per heavy atom. The SMILES string of the molecule is CCc1cccc(Nc2nnc(CNC(C)C)o2)c1. The van der Waals surface area contributed by atoms with Gasteiger partial charge >= 0.3 is 6.01 Å². The van der Waals surface area contributed by atoms with Crippen LogP contribution in [0.2, 0.25) is 0 Å². The van der Waals surface area contributed by atoms with E-state index in [2.05, 4.69) is 53.7 Å². The predicted molar refractivity (Wildman–Crippen MR) is 75.4 cm³/mol. The molecule has 0 aliphatic rings. The summed E-state index contributed by atoms with van der Waals surface area (Å²) in [5.74, 6) is 0.586. The smallest absolute Gasteiger partial charge is 0.320 e. The second-order valence-electron chi connectivity index (χ2n) is 4.72. The predicted octanol–water partition coefficient (Wildman–Crippen LogP) is 2.87. The van der Waals surface area contributed by atoms with Gasteiger partial charge in [0.05, 0.1) is 6.54 Å². The second kappa shape index (κ2) is 6.33. The van der Waals surface area contributed by atoms with Gasteiger partial charge in [0.2, 0.25) is 5.89 Å². The minimum absolute atomic E-state index is 0.393. The molecule has 2 aromatic rings. The first-order valence-electron chi connectivity index (χ1n) is 6.59. The Hall–Kier alpha value is -1.88. The van der Waals surface area contributed by atoms with Crippen LogP contribution in [0.5, 0.6) is 0 Å². The van der Waals surface area contributed by atoms with Crippen LogP contribution in [-0.2, 0) is 13.0 Å². The lowest BCUT2D eigenvalue weighted by atomic mass is 10.1. The fourth-order valence-corrected chi connectivity index (χ4v) is 1.66. The van der Waals surface area contributed by atoms with Crippen LogP contribution in [0.15, 0.2) is 28.7 Å². The van der Waals surface area contributed by atoms with E-state index in [0.29, 0.717) is 24.5 Å². The third kappa shape index (κ3) is 4.06. The highest BCUT2D eigenvalue weighted by atomic mass is 16.4. The van der Waals surface area contributed by atoms with E-state index in [1.54, 1.807) is 0 Å². The Kier molecular flexibility index (Phi) is 4.52. The molecule has 0 aliphatic carbocycles. The lowest BCUT2D eigenvalue weighted by Gasteiger charge is -2.04. The van der Waals surface area contributed by atoms with Crippen LogP contribution >= 0.6 is 0 Å². The summed E-state index contributed by atoms with van der Waals surface area (Å²) in [5.41, 5.74) is 2.23. The molecule has 2 N–H and O–H groups in total. The zero-order valence-corrected chi connectivity index (χ0v) is 11.6. The summed E-state index contributed by atoms with van der Waals surface area (Å²) in [6.07, 6.45) is 1.00. The van der Waals surface area contributed by atoms with Crippen molar-refractivity contribution in [3.05, 3.63) is 35.7 Å². The van der Waals surface area contributed by atoms with Gasteiger partial charge in [-0.05, 0) is 24.1 Å². The van der Waals surface area contributed by atoms with Crippen molar-refractivity contribution in [3.8, 4) is 0 Å². The average molecular weight is 260 g/mol. The number of anilines is 2. The summed E-state index contributed by atoms with van der Waals surface area (Å²) >= 11 is 0. The van der Waals surface area contributed by atoms with Gasteiger partial charge in [-0.25, -0.2) is 0 Å². The Labute approximate surface area is 113 Å². The van der Waals surface area contributed by atoms with Gasteiger partial charge in [-0.2, -0.15) is 0 Å². The minimum atomic E-state index is 0.393. The summed E-state index contributed by atoms with van der Waals surface area (Å²) in [5, 5.41) is 14.3. The largest absolute Gasteiger partial charge is 0.406 e. The van der Waals surface area contributed by atoms with Gasteiger partial charge in [-0.3, -0.25) is 0 Å². The number of hydrogen-bond acceptors (Lipinski definition) is 5. The molecule has 2 rings (SSSR count). The number of nitrogens with zero attached hydrogens (tertiary/aromatic N) is 2. The molecule has 0 spiro atoms. The number of hydrogen-bond donors (Lipinski definition) is 2. The first kappa shape index (κ1) is 13.5. The van der Waals surface area contributed by atoms with Crippen molar-refractivity contribution in [2.24, 2.45) is 0 Å². The van der Waals surface area contributed by atoms with E-state index in [1.165, 1.54) is 5.56 Å². The highest BCUT2D eigenvalue weighted by Crippen LogP contribution is 2.16. The molecule has 0 amide bonds. The molecule has 0 saturated heterocycles. The zero-order chi connectivity index (χ0) is 13.7. The molecule has 102 valence electrons. The van der Waals surface area contributed by atoms with Gasteiger partial charge in [0, 0.05) is 11.7 Å². The van der Waals surface area contributed by atoms with Crippen molar-refractivity contribution in [2.75, 3.05) is 5.32 Å². The molecule has 0 atom stereocenters. The summed E-state index contributed by atoms with van der Waals surface area (Å²) in [6, 6.07) is 8.99. The van der Waals surface area contributed by atoms with Crippen molar-refractivity contribution in [3.63, 3.8) is 0 Å². The van der Waals surface area contributed by atoms with Crippen molar-refractivity contribution >= 4 is 11.7 Å². The van der Waals surface area contributed by atoms with Gasteiger partial charge in [-0.1, -0.05) is 38.0 Å². The molecular formula is C14H20N4O. The first-order valence-corrected chi connectivity index (χ1v) is 6.59. The fraction of sp³-hybridized carbons (Fsp3) is 0.429. The Bertz CT molecular complexity index is 522. The fourth-order valence-electron chi connectivity index (χ4n) is 1.66. The van der Waals surface area contributed by atoms with Crippen LogP contribution in [0.3, 0.4) is 0 Å². The van der Waals surface area contributed by atoms with E-state index in [1.807, 2.05) is 12.1 Å². The number of aromatic nitrogens is 2. The van der Waals surface area contributed by atoms with E-state index in [4.69, 9.17) is 4.42 Å². The standard InChI is InChI=1S/C14H20N4O/c1-4-11-6-5-7-12(8-11)16-14-18-17-13(19-14)9-15-10(2)3/h5-8,10,15H,4,9H2,1-3H3,(H,16,18). The molecule has 0 saturated carbocycles. The molecule has 0 unspecified atom stereocenters. The highest BCUT2D eigenvalue weighted by molar-refractivity contribution is 5.53. The number of benzene rings is 1. The molecular weight excluding hydrogens is 240 g/mol. The van der Waals surface area contributed by atoms with Gasteiger partial charge in [-0.15, -0.1) is 5.10 Å². The van der Waals surface area contributed by atoms with Crippen LogP contribution in [0.4, 0.5) is 11.7 Å². The van der Waals surface area contributed by atoms with Gasteiger partial charge < -0.3 is 15.1 Å². The lowest BCUT2D eigenvalue weighted by molar-refractivity contribution is 0.460. The normalized spacial score (nSPS) is 10.9. The quantitative estimate of drug-likeness (QED) is 0.836. The molecule has 0 aliphatic heterocycles. The average Bonchev–Trinajstić information content (AvgIpc) is 2.84. The summed E-state index contributed by atoms with van der Waals surface area (Å²) in [4.78, 5) is 0. The second-order valence-corrected chi connectivity index (χ2v) is 4.72. The van der Waals surface area contributed by atoms with Crippen LogP contribution in [0.1, 0.15) is 32.2 Å². The third-order valence-corrected chi connectivity index (χ3v) is 2.71. The Morgan fingerprint density at radius 1 is 1.26 bits per heavy atom. The van der Waals surface area contributed by atoms with Crippen molar-refractivity contribution in [1.29, 1.82) is 0 Å². The summed E-state index contributed by atoms with van der Waals surface area (Å²) in [7, 11) is 0. The van der Waals surface area contributed by atoms with Crippen molar-refractivity contribution in [2.45, 2.75) is 39.8 Å². The van der Waals surface area contributed by atoms with Crippen LogP contribution in [0, 0.1) is 0 Å². The van der Waals surface area contributed by atoms with Crippen molar-refractivity contribution < 1.29 is 4.42 Å². The molecule has 1 aromatic carbocycles. The number of rotatable bonds is 6. The summed E-state index contributed by atoms with van der Waals surface area (Å²) in [6.45, 7) is 6.86. The van der Waals surface area contributed by atoms with Gasteiger partial charge in [0.1, 0.15) is 0 Å². The van der Waals surface area contributed by atoms with E-state index in [0.717, 1.165) is 12.1 Å². The van der Waals surface area contributed by atoms with Gasteiger partial charge in [0.15, 0.2) is 0 Å². The Morgan fingerprint density at radius 2 is 2.11 bits per heavy atom. The monoisotopic (exact) mass is 260 g/mol. The van der Waals surface area contributed by atoms with E-state index >= 15 is 0 Å². The first-order chi connectivity index (χ1) is 9.17. The molecule has 1 heterocycles. The summed E-state index contributed by atoms with van der Waals surface area (Å²) < 4.78 is 5.52. The molecule has 0 radical (unpaired) electrons. The van der Waals surface area contributed by atoms with E-state index in [9.17, 15) is 0 Å². The minimum Gasteiger partial charge on any atom is -0.406 e. The van der Waals surface area contributed by atoms with Crippen LogP contribution in [0.25, 0.3) is 0 Å². The molecule has 0 bridgehead atoms. The third-order valence-electron chi connectivity index (χ3n) is 2.71. The van der Waals surface area contributed by atoms with Crippen molar-refractivity contribution in [1.82, 2.24) is 15.5 Å². The van der Waals surface area contributed by atoms with E-state index in [-0.39, 0.29) is 0 Å². The highest BCUT2D eigenvalue weighted by Gasteiger charge is 2.06. The zero-order valence-electron chi connectivity index (χ0n) is 11.6. The van der Waals surface area contributed by atoms with Crippen LogP contribution in [-0.4, -0.2) is 16.2 Å². The molecule has 0 fully saturated rings. The maximum atomic E-state index is 5.52. The molecule has 5 heteroatoms. The van der Waals surface area contributed by atoms with Gasteiger partial charge in [0.25, 0.3) is 0 Å². The maximum Gasteiger partial charge on any atom is 0.320 e. The molecule has 19 heavy (non-hydrogen) atoms. The maximum absolute atomic E-state index is 5.52.